The molecule has 0 aliphatic carbocycles. The Labute approximate surface area is 405 Å². The van der Waals surface area contributed by atoms with Crippen LogP contribution in [0.3, 0.4) is 0 Å². The number of rotatable bonds is 14. The van der Waals surface area contributed by atoms with Gasteiger partial charge >= 0.3 is 5.97 Å². The average Bonchev–Trinajstić information content (AvgIpc) is 3.84. The van der Waals surface area contributed by atoms with Crippen molar-refractivity contribution in [2.45, 2.75) is 44.0 Å². The van der Waals surface area contributed by atoms with Crippen molar-refractivity contribution in [2.75, 3.05) is 24.8 Å². The smallest absolute Gasteiger partial charge is 0.356 e. The predicted octanol–water partition coefficient (Wildman–Crippen LogP) is 8.97. The van der Waals surface area contributed by atoms with Crippen LogP contribution in [0, 0.1) is 0 Å². The van der Waals surface area contributed by atoms with Crippen LogP contribution in [0.4, 0.5) is 5.13 Å². The second kappa shape index (κ2) is 19.4. The van der Waals surface area contributed by atoms with Gasteiger partial charge in [0.1, 0.15) is 58.9 Å². The molecule has 0 unspecified atom stereocenters. The highest BCUT2D eigenvalue weighted by Gasteiger charge is 2.56. The number of benzene rings is 6. The zero-order valence-corrected chi connectivity index (χ0v) is 40.9. The summed E-state index contributed by atoms with van der Waals surface area (Å²) < 4.78 is 6.06. The van der Waals surface area contributed by atoms with Gasteiger partial charge in [0.2, 0.25) is 0 Å². The lowest BCUT2D eigenvalue weighted by molar-refractivity contribution is -0.160. The topological polar surface area (TPSA) is 122 Å². The largest absolute Gasteiger partial charge is 0.455 e. The maximum atomic E-state index is 14.6. The van der Waals surface area contributed by atoms with Crippen molar-refractivity contribution in [3.8, 4) is 0 Å². The van der Waals surface area contributed by atoms with E-state index in [1.807, 2.05) is 106 Å². The number of oxime groups is 1. The van der Waals surface area contributed by atoms with E-state index < -0.39 is 48.3 Å². The van der Waals surface area contributed by atoms with Crippen LogP contribution in [0.15, 0.2) is 192 Å². The van der Waals surface area contributed by atoms with Crippen molar-refractivity contribution < 1.29 is 24.0 Å². The van der Waals surface area contributed by atoms with Crippen molar-refractivity contribution in [2.24, 2.45) is 5.16 Å². The van der Waals surface area contributed by atoms with Crippen molar-refractivity contribution in [1.29, 1.82) is 0 Å². The molecule has 0 radical (unpaired) electrons. The number of fused-ring (bicyclic) bond motifs is 1. The monoisotopic (exact) mass is 956 g/mol. The molecule has 2 aliphatic rings. The van der Waals surface area contributed by atoms with E-state index in [0.29, 0.717) is 15.8 Å². The summed E-state index contributed by atoms with van der Waals surface area (Å²) in [5.74, 6) is -1.28. The first-order valence-corrected chi connectivity index (χ1v) is 26.4. The molecule has 1 fully saturated rings. The first kappa shape index (κ1) is 46.3. The average molecular weight is 957 g/mol. The van der Waals surface area contributed by atoms with Gasteiger partial charge in [0.25, 0.3) is 11.8 Å². The number of nitrogens with one attached hydrogen (secondary N) is 2. The van der Waals surface area contributed by atoms with Crippen molar-refractivity contribution in [1.82, 2.24) is 15.2 Å². The number of hydrogen-bond acceptors (Lipinski definition) is 10. The standard InChI is InChI=1S/C55H50N5O5PS2/c1-54(2,3)65-52(63)48-49(42-33-21-22-34-45(42)66(5,40-29-17-9-18-30-40)41-31-19-10-20-32-41)67-36-44-47(51(62)60(44)48)57-50(61)46(59-64-4)43-35-68-53(56-43)58-55(37-23-11-6-12-24-37,38-25-13-7-14-26-38)39-27-15-8-16-28-39/h6-35,44,47H,36H2,1-5H3,(H-,56,57,58,61)/p+1/t44-,47+/m1/s1. The first-order chi connectivity index (χ1) is 32.9. The molecule has 9 rings (SSSR count). The van der Waals surface area contributed by atoms with E-state index in [9.17, 15) is 14.4 Å². The highest BCUT2D eigenvalue weighted by atomic mass is 32.2. The van der Waals surface area contributed by atoms with Gasteiger partial charge in [-0.3, -0.25) is 14.5 Å². The van der Waals surface area contributed by atoms with E-state index in [0.717, 1.165) is 27.6 Å². The van der Waals surface area contributed by atoms with Gasteiger partial charge in [0.15, 0.2) is 10.8 Å². The summed E-state index contributed by atoms with van der Waals surface area (Å²) in [5, 5.41) is 16.5. The van der Waals surface area contributed by atoms with E-state index in [2.05, 4.69) is 113 Å². The van der Waals surface area contributed by atoms with Crippen molar-refractivity contribution in [3.05, 3.63) is 215 Å². The van der Waals surface area contributed by atoms with Gasteiger partial charge in [0.05, 0.1) is 12.7 Å². The summed E-state index contributed by atoms with van der Waals surface area (Å²) in [6, 6.07) is 58.0. The lowest BCUT2D eigenvalue weighted by atomic mass is 9.77. The summed E-state index contributed by atoms with van der Waals surface area (Å²) >= 11 is 2.81. The van der Waals surface area contributed by atoms with Crippen molar-refractivity contribution in [3.63, 3.8) is 0 Å². The molecule has 68 heavy (non-hydrogen) atoms. The quantitative estimate of drug-likeness (QED) is 0.0277. The summed E-state index contributed by atoms with van der Waals surface area (Å²) in [5.41, 5.74) is 2.45. The van der Waals surface area contributed by atoms with E-state index in [-0.39, 0.29) is 17.1 Å². The number of β-lactam (4-membered cyclic amide) rings is 1. The second-order valence-corrected chi connectivity index (χ2v) is 23.0. The van der Waals surface area contributed by atoms with E-state index in [1.165, 1.54) is 45.7 Å². The minimum Gasteiger partial charge on any atom is -0.455 e. The Morgan fingerprint density at radius 3 is 1.75 bits per heavy atom. The molecule has 1 saturated heterocycles. The van der Waals surface area contributed by atoms with Crippen LogP contribution in [0.2, 0.25) is 0 Å². The molecule has 7 aromatic rings. The Morgan fingerprint density at radius 1 is 0.735 bits per heavy atom. The minimum atomic E-state index is -2.29. The number of amides is 2. The van der Waals surface area contributed by atoms with E-state index in [4.69, 9.17) is 14.6 Å². The number of hydrogen-bond donors (Lipinski definition) is 2. The number of aromatic nitrogens is 1. The number of carbonyl (C=O) groups is 3. The third kappa shape index (κ3) is 8.75. The maximum Gasteiger partial charge on any atom is 0.356 e. The van der Waals surface area contributed by atoms with Gasteiger partial charge in [-0.05, 0) is 73.9 Å². The third-order valence-corrected chi connectivity index (χ3v) is 18.2. The molecule has 0 bridgehead atoms. The molecular formula is C55H51N5O5PS2+. The van der Waals surface area contributed by atoms with Crippen LogP contribution in [-0.2, 0) is 29.5 Å². The Balaban J connectivity index is 1.04. The number of nitrogens with zero attached hydrogens (tertiary/aromatic N) is 3. The predicted molar refractivity (Wildman–Crippen MR) is 277 cm³/mol. The van der Waals surface area contributed by atoms with Crippen LogP contribution in [0.25, 0.3) is 4.91 Å². The lowest BCUT2D eigenvalue weighted by Crippen LogP contribution is -2.73. The highest BCUT2D eigenvalue weighted by Crippen LogP contribution is 2.55. The molecule has 13 heteroatoms. The number of thiazole rings is 1. The van der Waals surface area contributed by atoms with E-state index in [1.54, 1.807) is 5.38 Å². The first-order valence-electron chi connectivity index (χ1n) is 22.3. The molecule has 0 saturated carbocycles. The summed E-state index contributed by atoms with van der Waals surface area (Å²) in [6.07, 6.45) is 0. The Hall–Kier alpha value is -6.85. The molecule has 10 nitrogen and oxygen atoms in total. The van der Waals surface area contributed by atoms with Gasteiger partial charge in [-0.1, -0.05) is 145 Å². The van der Waals surface area contributed by atoms with Gasteiger partial charge in [-0.15, -0.1) is 23.1 Å². The molecule has 2 N–H and O–H groups in total. The van der Waals surface area contributed by atoms with Crippen LogP contribution in [0.1, 0.15) is 48.7 Å². The van der Waals surface area contributed by atoms with E-state index >= 15 is 0 Å². The molecule has 3 heterocycles. The summed E-state index contributed by atoms with van der Waals surface area (Å²) in [6.45, 7) is 7.72. The fraction of sp³-hybridized carbons (Fsp3) is 0.182. The number of esters is 1. The Kier molecular flexibility index (Phi) is 13.2. The number of anilines is 1. The molecular weight excluding hydrogens is 906 g/mol. The van der Waals surface area contributed by atoms with Crippen molar-refractivity contribution >= 4 is 79.8 Å². The maximum absolute atomic E-state index is 14.6. The number of carbonyl (C=O) groups excluding carboxylic acids is 3. The van der Waals surface area contributed by atoms with Crippen LogP contribution >= 0.6 is 30.4 Å². The molecule has 342 valence electrons. The lowest BCUT2D eigenvalue weighted by Gasteiger charge is -2.50. The molecule has 2 amide bonds. The zero-order chi connectivity index (χ0) is 47.5. The SMILES string of the molecule is CON=C(C(=O)N[C@@H]1C(=O)N2C(C(=O)OC(C)(C)C)=C(c3ccccc3[P+](C)(c3ccccc3)c3ccccc3)SC[C@H]12)c1csc(NC(c2ccccc2)(c2ccccc2)c2ccccc2)n1. The zero-order valence-electron chi connectivity index (χ0n) is 38.3. The van der Waals surface area contributed by atoms with Crippen LogP contribution in [-0.4, -0.2) is 70.6 Å². The fourth-order valence-electron chi connectivity index (χ4n) is 9.04. The number of thioether (sulfide) groups is 1. The molecule has 0 spiro atoms. The Morgan fingerprint density at radius 2 is 1.24 bits per heavy atom. The fourth-order valence-corrected chi connectivity index (χ4v) is 14.6. The van der Waals surface area contributed by atoms with Gasteiger partial charge in [-0.2, -0.15) is 0 Å². The summed E-state index contributed by atoms with van der Waals surface area (Å²) in [4.78, 5) is 55.8. The van der Waals surface area contributed by atoms with Crippen LogP contribution < -0.4 is 26.5 Å². The molecule has 6 aromatic carbocycles. The highest BCUT2D eigenvalue weighted by molar-refractivity contribution is 8.08. The van der Waals surface area contributed by atoms with Crippen LogP contribution in [0.5, 0.6) is 0 Å². The number of ether oxygens (including phenoxy) is 1. The summed E-state index contributed by atoms with van der Waals surface area (Å²) in [7, 11) is -0.932. The van der Waals surface area contributed by atoms with Gasteiger partial charge < -0.3 is 20.2 Å². The Bertz CT molecular complexity index is 2860. The minimum absolute atomic E-state index is 0.0983. The van der Waals surface area contributed by atoms with Gasteiger partial charge in [0, 0.05) is 21.6 Å². The molecule has 2 atom stereocenters. The third-order valence-electron chi connectivity index (χ3n) is 12.2. The normalized spacial score (nSPS) is 16.3. The van der Waals surface area contributed by atoms with Gasteiger partial charge in [-0.25, -0.2) is 9.78 Å². The molecule has 2 aliphatic heterocycles. The molecule has 1 aromatic heterocycles. The second-order valence-electron chi connectivity index (χ2n) is 17.5.